The molecule has 0 unspecified atom stereocenters. The highest BCUT2D eigenvalue weighted by Gasteiger charge is 2.32. The molecule has 2 rings (SSSR count). The fourth-order valence-electron chi connectivity index (χ4n) is 2.37. The Labute approximate surface area is 143 Å². The normalized spacial score (nSPS) is 13.3. The molecule has 0 aliphatic carbocycles. The van der Waals surface area contributed by atoms with Crippen molar-refractivity contribution in [1.82, 2.24) is 15.3 Å². The smallest absolute Gasteiger partial charge is 0.390 e. The first kappa shape index (κ1) is 18.6. The summed E-state index contributed by atoms with van der Waals surface area (Å²) in [5.41, 5.74) is 7.83. The van der Waals surface area contributed by atoms with E-state index in [0.717, 1.165) is 22.9 Å². The van der Waals surface area contributed by atoms with E-state index in [2.05, 4.69) is 26.9 Å². The second kappa shape index (κ2) is 7.42. The Morgan fingerprint density at radius 1 is 1.44 bits per heavy atom. The highest BCUT2D eigenvalue weighted by molar-refractivity contribution is 5.77. The maximum Gasteiger partial charge on any atom is 0.431 e. The lowest BCUT2D eigenvalue weighted by atomic mass is 10.1. The van der Waals surface area contributed by atoms with Gasteiger partial charge in [0, 0.05) is 29.5 Å². The number of alkyl halides is 3. The van der Waals surface area contributed by atoms with Crippen molar-refractivity contribution in [2.24, 2.45) is 10.7 Å². The number of nitrogens with two attached hydrogens (primary N) is 1. The van der Waals surface area contributed by atoms with Crippen molar-refractivity contribution >= 4 is 17.4 Å². The third kappa shape index (κ3) is 4.40. The second-order valence-corrected chi connectivity index (χ2v) is 5.50. The maximum absolute atomic E-state index is 12.7. The standard InChI is InChI=1S/C17H20F3N5/c1-4-14(24-9-21)10(2)11(3)22-7-12-5-13-6-15(17(18,19)20)25-16(13)23-8-12/h5-6,8-9,22H,3-4,7H2,1-2H3,(H2,21,24)(H,23,25)/b14-10-. The summed E-state index contributed by atoms with van der Waals surface area (Å²) >= 11 is 0. The molecule has 2 aromatic rings. The Balaban J connectivity index is 2.14. The van der Waals surface area contributed by atoms with Crippen molar-refractivity contribution in [2.75, 3.05) is 0 Å². The number of halogens is 3. The Bertz CT molecular complexity index is 830. The number of nitrogens with one attached hydrogen (secondary N) is 2. The molecule has 5 nitrogen and oxygen atoms in total. The van der Waals surface area contributed by atoms with Crippen LogP contribution in [0.5, 0.6) is 0 Å². The maximum atomic E-state index is 12.7. The molecule has 0 amide bonds. The molecule has 0 radical (unpaired) electrons. The minimum absolute atomic E-state index is 0.205. The van der Waals surface area contributed by atoms with Crippen molar-refractivity contribution in [3.63, 3.8) is 0 Å². The molecule has 4 N–H and O–H groups in total. The fourth-order valence-corrected chi connectivity index (χ4v) is 2.37. The van der Waals surface area contributed by atoms with Gasteiger partial charge in [0.15, 0.2) is 0 Å². The van der Waals surface area contributed by atoms with Crippen LogP contribution in [0.2, 0.25) is 0 Å². The first-order chi connectivity index (χ1) is 11.8. The average Bonchev–Trinajstić information content (AvgIpc) is 3.00. The van der Waals surface area contributed by atoms with Gasteiger partial charge < -0.3 is 16.0 Å². The minimum Gasteiger partial charge on any atom is -0.390 e. The van der Waals surface area contributed by atoms with Crippen LogP contribution in [-0.4, -0.2) is 16.3 Å². The van der Waals surface area contributed by atoms with Crippen molar-refractivity contribution in [2.45, 2.75) is 33.0 Å². The number of aromatic nitrogens is 2. The third-order valence-corrected chi connectivity index (χ3v) is 3.79. The van der Waals surface area contributed by atoms with Gasteiger partial charge in [-0.15, -0.1) is 0 Å². The van der Waals surface area contributed by atoms with Gasteiger partial charge in [0.2, 0.25) is 0 Å². The summed E-state index contributed by atoms with van der Waals surface area (Å²) in [4.78, 5) is 10.4. The number of rotatable bonds is 6. The summed E-state index contributed by atoms with van der Waals surface area (Å²) in [5, 5.41) is 3.54. The van der Waals surface area contributed by atoms with Crippen molar-refractivity contribution in [3.8, 4) is 0 Å². The van der Waals surface area contributed by atoms with Gasteiger partial charge in [0.1, 0.15) is 11.3 Å². The Morgan fingerprint density at radius 3 is 2.76 bits per heavy atom. The number of aromatic amines is 1. The number of aliphatic imine (C=N–C) groups is 1. The minimum atomic E-state index is -4.42. The zero-order valence-corrected chi connectivity index (χ0v) is 14.0. The molecule has 0 saturated carbocycles. The van der Waals surface area contributed by atoms with E-state index in [1.54, 1.807) is 6.07 Å². The van der Waals surface area contributed by atoms with Crippen LogP contribution < -0.4 is 11.1 Å². The van der Waals surface area contributed by atoms with Gasteiger partial charge in [-0.05, 0) is 36.6 Å². The van der Waals surface area contributed by atoms with Crippen molar-refractivity contribution in [3.05, 3.63) is 53.1 Å². The quantitative estimate of drug-likeness (QED) is 0.420. The topological polar surface area (TPSA) is 79.1 Å². The van der Waals surface area contributed by atoms with Crippen molar-refractivity contribution in [1.29, 1.82) is 0 Å². The molecular weight excluding hydrogens is 331 g/mol. The summed E-state index contributed by atoms with van der Waals surface area (Å²) in [5.74, 6) is 0. The lowest BCUT2D eigenvalue weighted by molar-refractivity contribution is -0.140. The monoisotopic (exact) mass is 351 g/mol. The van der Waals surface area contributed by atoms with Gasteiger partial charge in [0.25, 0.3) is 0 Å². The number of H-pyrrole nitrogens is 1. The molecule has 0 spiro atoms. The molecule has 8 heteroatoms. The average molecular weight is 351 g/mol. The number of hydrogen-bond acceptors (Lipinski definition) is 3. The van der Waals surface area contributed by atoms with Gasteiger partial charge in [-0.25, -0.2) is 9.98 Å². The molecule has 0 aliphatic rings. The van der Waals surface area contributed by atoms with Gasteiger partial charge in [0.05, 0.1) is 6.34 Å². The molecule has 25 heavy (non-hydrogen) atoms. The first-order valence-corrected chi connectivity index (χ1v) is 7.68. The molecule has 0 saturated heterocycles. The predicted molar refractivity (Wildman–Crippen MR) is 92.7 cm³/mol. The summed E-state index contributed by atoms with van der Waals surface area (Å²) in [7, 11) is 0. The zero-order valence-electron chi connectivity index (χ0n) is 14.0. The lowest BCUT2D eigenvalue weighted by Gasteiger charge is -2.12. The molecule has 0 aliphatic heterocycles. The van der Waals surface area contributed by atoms with Crippen LogP contribution in [0.15, 0.2) is 46.9 Å². The number of allylic oxidation sites excluding steroid dienone is 2. The van der Waals surface area contributed by atoms with Gasteiger partial charge in [-0.2, -0.15) is 13.2 Å². The van der Waals surface area contributed by atoms with E-state index in [0.29, 0.717) is 24.0 Å². The third-order valence-electron chi connectivity index (χ3n) is 3.79. The fraction of sp³-hybridized carbons (Fsp3) is 0.294. The molecule has 0 bridgehead atoms. The number of pyridine rings is 1. The molecule has 134 valence electrons. The molecule has 0 aromatic carbocycles. The van der Waals surface area contributed by atoms with Crippen LogP contribution in [0.25, 0.3) is 11.0 Å². The van der Waals surface area contributed by atoms with Crippen molar-refractivity contribution < 1.29 is 13.2 Å². The van der Waals surface area contributed by atoms with Crippen LogP contribution in [0.1, 0.15) is 31.5 Å². The van der Waals surface area contributed by atoms with E-state index in [1.807, 2.05) is 13.8 Å². The predicted octanol–water partition coefficient (Wildman–Crippen LogP) is 3.86. The van der Waals surface area contributed by atoms with E-state index < -0.39 is 11.9 Å². The number of nitrogens with zero attached hydrogens (tertiary/aromatic N) is 2. The number of fused-ring (bicyclic) bond motifs is 1. The first-order valence-electron chi connectivity index (χ1n) is 7.68. The van der Waals surface area contributed by atoms with E-state index in [-0.39, 0.29) is 5.65 Å². The van der Waals surface area contributed by atoms with E-state index in [9.17, 15) is 13.2 Å². The highest BCUT2D eigenvalue weighted by atomic mass is 19.4. The molecule has 2 aromatic heterocycles. The van der Waals surface area contributed by atoms with E-state index in [4.69, 9.17) is 5.73 Å². The summed E-state index contributed by atoms with van der Waals surface area (Å²) < 4.78 is 38.2. The van der Waals surface area contributed by atoms with Crippen LogP contribution in [-0.2, 0) is 12.7 Å². The summed E-state index contributed by atoms with van der Waals surface area (Å²) in [6, 6.07) is 2.71. The summed E-state index contributed by atoms with van der Waals surface area (Å²) in [6.45, 7) is 8.18. The van der Waals surface area contributed by atoms with Crippen LogP contribution in [0.3, 0.4) is 0 Å². The molecule has 0 fully saturated rings. The van der Waals surface area contributed by atoms with Crippen LogP contribution in [0, 0.1) is 0 Å². The summed E-state index contributed by atoms with van der Waals surface area (Å²) in [6.07, 6.45) is -0.957. The highest BCUT2D eigenvalue weighted by Crippen LogP contribution is 2.30. The SMILES string of the molecule is C=C(NCc1cnc2[nH]c(C(F)(F)F)cc2c1)/C(C)=C(CC)\N=C/N. The Kier molecular flexibility index (Phi) is 5.51. The van der Waals surface area contributed by atoms with Crippen LogP contribution in [0.4, 0.5) is 13.2 Å². The molecule has 2 heterocycles. The second-order valence-electron chi connectivity index (χ2n) is 5.50. The van der Waals surface area contributed by atoms with Gasteiger partial charge in [-0.1, -0.05) is 13.5 Å². The van der Waals surface area contributed by atoms with Gasteiger partial charge >= 0.3 is 6.18 Å². The van der Waals surface area contributed by atoms with Gasteiger partial charge in [-0.3, -0.25) is 0 Å². The molecule has 0 atom stereocenters. The molecular formula is C17H20F3N5. The van der Waals surface area contributed by atoms with Crippen LogP contribution >= 0.6 is 0 Å². The van der Waals surface area contributed by atoms with E-state index in [1.165, 1.54) is 12.5 Å². The Hall–Kier alpha value is -2.77. The Morgan fingerprint density at radius 2 is 2.16 bits per heavy atom. The lowest BCUT2D eigenvalue weighted by Crippen LogP contribution is -2.14. The number of hydrogen-bond donors (Lipinski definition) is 3. The zero-order chi connectivity index (χ0) is 18.6. The van der Waals surface area contributed by atoms with E-state index >= 15 is 0 Å². The largest absolute Gasteiger partial charge is 0.431 e.